The monoisotopic (exact) mass is 454 g/mol. The number of Topliss-reactive ketones (excluding diaryl/α,β-unsaturated/α-hetero) is 1. The number of nitrogens with one attached hydrogen (secondary N) is 1. The Morgan fingerprint density at radius 2 is 1.91 bits per heavy atom. The lowest BCUT2D eigenvalue weighted by Crippen LogP contribution is -2.38. The summed E-state index contributed by atoms with van der Waals surface area (Å²) >= 11 is 0. The number of carbonyl (C=O) groups excluding carboxylic acids is 1. The van der Waals surface area contributed by atoms with Crippen molar-refractivity contribution < 1.29 is 17.9 Å². The van der Waals surface area contributed by atoms with Crippen molar-refractivity contribution in [2.24, 2.45) is 0 Å². The molecule has 1 aliphatic rings. The van der Waals surface area contributed by atoms with E-state index in [0.717, 1.165) is 23.8 Å². The Balaban J connectivity index is 1.71. The van der Waals surface area contributed by atoms with E-state index in [9.17, 15) is 18.0 Å². The van der Waals surface area contributed by atoms with E-state index in [4.69, 9.17) is 4.74 Å². The summed E-state index contributed by atoms with van der Waals surface area (Å²) in [6.07, 6.45) is 1.42. The Hall–Kier alpha value is -2.81. The maximum Gasteiger partial charge on any atom is 0.252 e. The van der Waals surface area contributed by atoms with Crippen molar-refractivity contribution in [3.05, 3.63) is 75.6 Å². The van der Waals surface area contributed by atoms with Crippen molar-refractivity contribution in [1.29, 1.82) is 0 Å². The largest absolute Gasteiger partial charge is 0.377 e. The summed E-state index contributed by atoms with van der Waals surface area (Å²) in [5, 5.41) is 0.838. The molecule has 4 rings (SSSR count). The highest BCUT2D eigenvalue weighted by molar-refractivity contribution is 7.89. The van der Waals surface area contributed by atoms with Crippen LogP contribution in [0.5, 0.6) is 0 Å². The van der Waals surface area contributed by atoms with Crippen LogP contribution in [0.4, 0.5) is 0 Å². The average Bonchev–Trinajstić information content (AvgIpc) is 3.27. The zero-order valence-corrected chi connectivity index (χ0v) is 18.9. The van der Waals surface area contributed by atoms with E-state index in [2.05, 4.69) is 4.98 Å². The van der Waals surface area contributed by atoms with Gasteiger partial charge < -0.3 is 9.72 Å². The smallest absolute Gasteiger partial charge is 0.252 e. The van der Waals surface area contributed by atoms with Crippen LogP contribution in [0.1, 0.15) is 41.3 Å². The maximum absolute atomic E-state index is 13.5. The Kier molecular flexibility index (Phi) is 6.28. The fourth-order valence-electron chi connectivity index (χ4n) is 3.94. The fourth-order valence-corrected chi connectivity index (χ4v) is 5.39. The van der Waals surface area contributed by atoms with Crippen LogP contribution in [0.25, 0.3) is 10.9 Å². The highest BCUT2D eigenvalue weighted by atomic mass is 32.2. The van der Waals surface area contributed by atoms with Crippen molar-refractivity contribution >= 4 is 26.7 Å². The topological polar surface area (TPSA) is 96.5 Å². The summed E-state index contributed by atoms with van der Waals surface area (Å²) in [7, 11) is -3.92. The minimum Gasteiger partial charge on any atom is -0.377 e. The molecule has 0 saturated carbocycles. The summed E-state index contributed by atoms with van der Waals surface area (Å²) in [5.41, 5.74) is 2.23. The molecule has 32 heavy (non-hydrogen) atoms. The maximum atomic E-state index is 13.5. The third-order valence-corrected chi connectivity index (χ3v) is 7.58. The molecule has 7 nitrogen and oxygen atoms in total. The van der Waals surface area contributed by atoms with E-state index in [1.165, 1.54) is 35.5 Å². The van der Waals surface area contributed by atoms with Gasteiger partial charge in [-0.15, -0.1) is 0 Å². The minimum atomic E-state index is -3.92. The van der Waals surface area contributed by atoms with Crippen LogP contribution < -0.4 is 5.56 Å². The summed E-state index contributed by atoms with van der Waals surface area (Å²) in [4.78, 5) is 27.3. The zero-order chi connectivity index (χ0) is 22.9. The highest BCUT2D eigenvalue weighted by Crippen LogP contribution is 2.23. The first-order chi connectivity index (χ1) is 15.2. The molecule has 0 bridgehead atoms. The van der Waals surface area contributed by atoms with Gasteiger partial charge in [-0.2, -0.15) is 4.31 Å². The summed E-state index contributed by atoms with van der Waals surface area (Å²) < 4.78 is 34.0. The van der Waals surface area contributed by atoms with E-state index < -0.39 is 10.0 Å². The lowest BCUT2D eigenvalue weighted by Gasteiger charge is -2.25. The van der Waals surface area contributed by atoms with Gasteiger partial charge in [0.05, 0.1) is 11.0 Å². The van der Waals surface area contributed by atoms with Gasteiger partial charge in [-0.25, -0.2) is 8.42 Å². The predicted octanol–water partition coefficient (Wildman–Crippen LogP) is 3.41. The molecule has 168 valence electrons. The number of aromatic nitrogens is 1. The van der Waals surface area contributed by atoms with Crippen LogP contribution in [-0.2, 0) is 21.3 Å². The number of hydrogen-bond donors (Lipinski definition) is 1. The number of ether oxygens (including phenoxy) is 1. The van der Waals surface area contributed by atoms with Gasteiger partial charge in [-0.1, -0.05) is 24.3 Å². The molecule has 0 unspecified atom stereocenters. The van der Waals surface area contributed by atoms with E-state index in [0.29, 0.717) is 23.3 Å². The molecule has 1 aromatic heterocycles. The van der Waals surface area contributed by atoms with Gasteiger partial charge in [-0.05, 0) is 61.9 Å². The van der Waals surface area contributed by atoms with Crippen molar-refractivity contribution in [3.8, 4) is 0 Å². The number of benzene rings is 2. The number of fused-ring (bicyclic) bond motifs is 1. The second kappa shape index (κ2) is 8.97. The highest BCUT2D eigenvalue weighted by Gasteiger charge is 2.30. The molecule has 0 aliphatic carbocycles. The van der Waals surface area contributed by atoms with E-state index >= 15 is 0 Å². The molecule has 8 heteroatoms. The Labute approximate surface area is 187 Å². The molecule has 2 heterocycles. The molecular formula is C24H26N2O5S. The number of aryl methyl sites for hydroxylation is 1. The van der Waals surface area contributed by atoms with Gasteiger partial charge in [0.15, 0.2) is 5.78 Å². The molecule has 1 saturated heterocycles. The standard InChI is InChI=1S/C24H26N2O5S/c1-16-5-6-19-13-20(24(28)25-23(19)12-16)14-26(15-21-4-3-11-31-21)32(29,30)22-9-7-18(8-10-22)17(2)27/h5-10,12-13,21H,3-4,11,14-15H2,1-2H3,(H,25,28)/t21-/m1/s1. The molecule has 1 N–H and O–H groups in total. The molecular weight excluding hydrogens is 428 g/mol. The van der Waals surface area contributed by atoms with Crippen molar-refractivity contribution in [3.63, 3.8) is 0 Å². The van der Waals surface area contributed by atoms with Gasteiger partial charge in [0.25, 0.3) is 5.56 Å². The first-order valence-corrected chi connectivity index (χ1v) is 12.0. The molecule has 0 radical (unpaired) electrons. The average molecular weight is 455 g/mol. The molecule has 1 fully saturated rings. The van der Waals surface area contributed by atoms with Crippen LogP contribution in [0.15, 0.2) is 58.2 Å². The molecule has 1 atom stereocenters. The van der Waals surface area contributed by atoms with Gasteiger partial charge >= 0.3 is 0 Å². The number of sulfonamides is 1. The number of nitrogens with zero attached hydrogens (tertiary/aromatic N) is 1. The number of hydrogen-bond acceptors (Lipinski definition) is 5. The SMILES string of the molecule is CC(=O)c1ccc(S(=O)(=O)N(Cc2cc3ccc(C)cc3[nH]c2=O)C[C@H]2CCCO2)cc1. The number of pyridine rings is 1. The molecule has 1 aliphatic heterocycles. The van der Waals surface area contributed by atoms with Crippen LogP contribution >= 0.6 is 0 Å². The van der Waals surface area contributed by atoms with Gasteiger partial charge in [-0.3, -0.25) is 9.59 Å². The first kappa shape index (κ1) is 22.4. The minimum absolute atomic E-state index is 0.0736. The van der Waals surface area contributed by atoms with Crippen molar-refractivity contribution in [1.82, 2.24) is 9.29 Å². The molecule has 0 spiro atoms. The predicted molar refractivity (Wildman–Crippen MR) is 122 cm³/mol. The van der Waals surface area contributed by atoms with Gasteiger partial charge in [0.1, 0.15) is 0 Å². The second-order valence-electron chi connectivity index (χ2n) is 8.23. The second-order valence-corrected chi connectivity index (χ2v) is 10.2. The Bertz CT molecular complexity index is 1310. The summed E-state index contributed by atoms with van der Waals surface area (Å²) in [6, 6.07) is 13.4. The lowest BCUT2D eigenvalue weighted by atomic mass is 10.1. The normalized spacial score (nSPS) is 16.7. The van der Waals surface area contributed by atoms with Crippen LogP contribution in [-0.4, -0.2) is 42.7 Å². The summed E-state index contributed by atoms with van der Waals surface area (Å²) in [6.45, 7) is 4.05. The third-order valence-electron chi connectivity index (χ3n) is 5.75. The van der Waals surface area contributed by atoms with Crippen LogP contribution in [0, 0.1) is 6.92 Å². The van der Waals surface area contributed by atoms with Crippen molar-refractivity contribution in [2.45, 2.75) is 44.2 Å². The summed E-state index contributed by atoms with van der Waals surface area (Å²) in [5.74, 6) is -0.136. The quantitative estimate of drug-likeness (QED) is 0.552. The molecule has 2 aromatic carbocycles. The van der Waals surface area contributed by atoms with Crippen LogP contribution in [0.2, 0.25) is 0 Å². The number of ketones is 1. The number of aromatic amines is 1. The van der Waals surface area contributed by atoms with Crippen LogP contribution in [0.3, 0.4) is 0 Å². The fraction of sp³-hybridized carbons (Fsp3) is 0.333. The number of carbonyl (C=O) groups is 1. The number of rotatable bonds is 7. The number of H-pyrrole nitrogens is 1. The molecule has 3 aromatic rings. The third kappa shape index (κ3) is 4.67. The van der Waals surface area contributed by atoms with Gasteiger partial charge in [0.2, 0.25) is 10.0 Å². The molecule has 0 amide bonds. The van der Waals surface area contributed by atoms with E-state index in [1.54, 1.807) is 6.07 Å². The zero-order valence-electron chi connectivity index (χ0n) is 18.1. The van der Waals surface area contributed by atoms with Crippen molar-refractivity contribution in [2.75, 3.05) is 13.2 Å². The van der Waals surface area contributed by atoms with E-state index in [1.807, 2.05) is 25.1 Å². The Morgan fingerprint density at radius 1 is 1.16 bits per heavy atom. The van der Waals surface area contributed by atoms with Gasteiger partial charge in [0, 0.05) is 36.3 Å². The Morgan fingerprint density at radius 3 is 2.56 bits per heavy atom. The first-order valence-electron chi connectivity index (χ1n) is 10.6. The van der Waals surface area contributed by atoms with E-state index in [-0.39, 0.29) is 35.4 Å². The lowest BCUT2D eigenvalue weighted by molar-refractivity contribution is 0.0925.